The Morgan fingerprint density at radius 3 is 2.70 bits per heavy atom. The Balaban J connectivity index is 1.76. The highest BCUT2D eigenvalue weighted by Crippen LogP contribution is 2.52. The summed E-state index contributed by atoms with van der Waals surface area (Å²) < 4.78 is 5.39. The number of furan rings is 1. The second-order valence-electron chi connectivity index (χ2n) is 4.43. The third-order valence-electron chi connectivity index (χ3n) is 3.02. The maximum atomic E-state index is 5.29. The van der Waals surface area contributed by atoms with Gasteiger partial charge in [0.05, 0.1) is 6.26 Å². The number of rotatable bonds is 4. The molecule has 0 bridgehead atoms. The van der Waals surface area contributed by atoms with Gasteiger partial charge in [-0.2, -0.15) is 0 Å². The van der Waals surface area contributed by atoms with Crippen LogP contribution in [0.4, 0.5) is 0 Å². The van der Waals surface area contributed by atoms with Gasteiger partial charge in [0.2, 0.25) is 0 Å². The Bertz CT molecular complexity index is 561. The van der Waals surface area contributed by atoms with E-state index < -0.39 is 0 Å². The predicted octanol–water partition coefficient (Wildman–Crippen LogP) is 5.63. The molecule has 4 heteroatoms. The molecule has 0 aromatic carbocycles. The molecule has 20 heavy (non-hydrogen) atoms. The Hall–Kier alpha value is -0.840. The molecule has 1 fully saturated rings. The molecule has 1 saturated heterocycles. The molecule has 0 spiro atoms. The van der Waals surface area contributed by atoms with E-state index in [0.717, 1.165) is 5.76 Å². The van der Waals surface area contributed by atoms with E-state index in [9.17, 15) is 0 Å². The van der Waals surface area contributed by atoms with Crippen molar-refractivity contribution in [2.45, 2.75) is 10.5 Å². The van der Waals surface area contributed by atoms with Crippen molar-refractivity contribution in [1.29, 1.82) is 0 Å². The van der Waals surface area contributed by atoms with E-state index in [1.165, 1.54) is 22.8 Å². The first-order valence-electron chi connectivity index (χ1n) is 6.60. The van der Waals surface area contributed by atoms with Crippen molar-refractivity contribution in [3.8, 4) is 0 Å². The summed E-state index contributed by atoms with van der Waals surface area (Å²) in [6.07, 6.45) is 11.5. The lowest BCUT2D eigenvalue weighted by Crippen LogP contribution is -2.18. The molecule has 1 aliphatic heterocycles. The van der Waals surface area contributed by atoms with Crippen LogP contribution in [0.2, 0.25) is 0 Å². The molecule has 0 unspecified atom stereocenters. The average Bonchev–Trinajstić information content (AvgIpc) is 3.18. The fourth-order valence-corrected chi connectivity index (χ4v) is 6.37. The van der Waals surface area contributed by atoms with E-state index in [1.54, 1.807) is 6.26 Å². The zero-order valence-corrected chi connectivity index (χ0v) is 13.5. The highest BCUT2D eigenvalue weighted by molar-refractivity contribution is 8.18. The molecule has 2 aromatic rings. The van der Waals surface area contributed by atoms with E-state index in [1.807, 2.05) is 53.1 Å². The predicted molar refractivity (Wildman–Crippen MR) is 92.4 cm³/mol. The van der Waals surface area contributed by atoms with Crippen LogP contribution in [0.25, 0.3) is 6.08 Å². The number of thiophene rings is 1. The second kappa shape index (κ2) is 6.74. The molecular formula is C16H16OS3. The summed E-state index contributed by atoms with van der Waals surface area (Å²) in [5, 5.41) is 2.17. The number of thioether (sulfide) groups is 2. The van der Waals surface area contributed by atoms with Gasteiger partial charge in [0.15, 0.2) is 0 Å². The minimum absolute atomic E-state index is 0.0971. The van der Waals surface area contributed by atoms with Crippen molar-refractivity contribution in [2.75, 3.05) is 11.5 Å². The van der Waals surface area contributed by atoms with Gasteiger partial charge in [-0.05, 0) is 47.6 Å². The van der Waals surface area contributed by atoms with Crippen LogP contribution in [-0.2, 0) is 4.08 Å². The molecule has 2 aromatic heterocycles. The Kier molecular flexibility index (Phi) is 4.76. The minimum Gasteiger partial charge on any atom is -0.465 e. The number of allylic oxidation sites excluding steroid dienone is 2. The van der Waals surface area contributed by atoms with Crippen LogP contribution in [0.15, 0.2) is 58.6 Å². The van der Waals surface area contributed by atoms with Crippen molar-refractivity contribution < 1.29 is 4.42 Å². The van der Waals surface area contributed by atoms with Gasteiger partial charge in [-0.1, -0.05) is 24.3 Å². The zero-order valence-electron chi connectivity index (χ0n) is 11.0. The Labute approximate surface area is 132 Å². The average molecular weight is 321 g/mol. The van der Waals surface area contributed by atoms with Gasteiger partial charge in [-0.3, -0.25) is 0 Å². The molecule has 104 valence electrons. The summed E-state index contributed by atoms with van der Waals surface area (Å²) in [6, 6.07) is 8.26. The van der Waals surface area contributed by atoms with Gasteiger partial charge in [0.25, 0.3) is 0 Å². The van der Waals surface area contributed by atoms with E-state index in [4.69, 9.17) is 4.42 Å². The summed E-state index contributed by atoms with van der Waals surface area (Å²) in [5.41, 5.74) is 0. The fourth-order valence-electron chi connectivity index (χ4n) is 2.06. The molecule has 0 N–H and O–H groups in total. The van der Waals surface area contributed by atoms with E-state index in [-0.39, 0.29) is 4.08 Å². The molecule has 0 atom stereocenters. The molecule has 3 rings (SSSR count). The molecule has 1 nitrogen and oxygen atoms in total. The largest absolute Gasteiger partial charge is 0.465 e. The van der Waals surface area contributed by atoms with Crippen LogP contribution < -0.4 is 0 Å². The smallest absolute Gasteiger partial charge is 0.126 e. The number of hydrogen-bond donors (Lipinski definition) is 0. The van der Waals surface area contributed by atoms with E-state index in [2.05, 4.69) is 35.7 Å². The van der Waals surface area contributed by atoms with Crippen LogP contribution in [-0.4, -0.2) is 11.5 Å². The van der Waals surface area contributed by atoms with Crippen LogP contribution in [0, 0.1) is 0 Å². The normalized spacial score (nSPS) is 19.0. The lowest BCUT2D eigenvalue weighted by molar-refractivity contribution is 0.557. The van der Waals surface area contributed by atoms with Crippen molar-refractivity contribution in [2.24, 2.45) is 0 Å². The maximum absolute atomic E-state index is 5.29. The molecule has 1 aliphatic rings. The van der Waals surface area contributed by atoms with Crippen LogP contribution in [0.5, 0.6) is 0 Å². The molecule has 0 aliphatic carbocycles. The van der Waals surface area contributed by atoms with Crippen LogP contribution in [0.1, 0.15) is 17.1 Å². The van der Waals surface area contributed by atoms with Crippen molar-refractivity contribution in [1.82, 2.24) is 0 Å². The first-order chi connectivity index (χ1) is 9.89. The van der Waals surface area contributed by atoms with Gasteiger partial charge in [0.1, 0.15) is 9.84 Å². The maximum Gasteiger partial charge on any atom is 0.126 e. The van der Waals surface area contributed by atoms with Crippen LogP contribution >= 0.6 is 34.9 Å². The minimum atomic E-state index is 0.0971. The number of hydrogen-bond acceptors (Lipinski definition) is 4. The Morgan fingerprint density at radius 2 is 2.00 bits per heavy atom. The highest BCUT2D eigenvalue weighted by atomic mass is 32.2. The summed E-state index contributed by atoms with van der Waals surface area (Å²) in [5.74, 6) is 3.36. The van der Waals surface area contributed by atoms with E-state index in [0.29, 0.717) is 0 Å². The van der Waals surface area contributed by atoms with Gasteiger partial charge in [-0.25, -0.2) is 0 Å². The molecule has 0 radical (unpaired) electrons. The third kappa shape index (κ3) is 3.25. The van der Waals surface area contributed by atoms with E-state index >= 15 is 0 Å². The second-order valence-corrected chi connectivity index (χ2v) is 8.32. The topological polar surface area (TPSA) is 13.1 Å². The van der Waals surface area contributed by atoms with Crippen LogP contribution in [0.3, 0.4) is 0 Å². The quantitative estimate of drug-likeness (QED) is 0.677. The lowest BCUT2D eigenvalue weighted by atomic mass is 10.3. The third-order valence-corrected chi connectivity index (χ3v) is 7.54. The van der Waals surface area contributed by atoms with Gasteiger partial charge in [-0.15, -0.1) is 34.9 Å². The highest BCUT2D eigenvalue weighted by Gasteiger charge is 2.33. The first kappa shape index (κ1) is 14.1. The molecular weight excluding hydrogens is 304 g/mol. The monoisotopic (exact) mass is 320 g/mol. The lowest BCUT2D eigenvalue weighted by Gasteiger charge is -2.32. The molecule has 0 saturated carbocycles. The summed E-state index contributed by atoms with van der Waals surface area (Å²) in [4.78, 5) is 1.44. The van der Waals surface area contributed by atoms with Crippen molar-refractivity contribution >= 4 is 40.9 Å². The summed E-state index contributed by atoms with van der Waals surface area (Å²) in [6.45, 7) is 0. The van der Waals surface area contributed by atoms with Gasteiger partial charge >= 0.3 is 0 Å². The summed E-state index contributed by atoms with van der Waals surface area (Å²) >= 11 is 5.94. The van der Waals surface area contributed by atoms with Gasteiger partial charge < -0.3 is 4.42 Å². The molecule has 3 heterocycles. The van der Waals surface area contributed by atoms with Crippen molar-refractivity contribution in [3.63, 3.8) is 0 Å². The summed E-state index contributed by atoms with van der Waals surface area (Å²) in [7, 11) is 0. The first-order valence-corrected chi connectivity index (χ1v) is 9.45. The fraction of sp³-hybridized carbons (Fsp3) is 0.250. The Morgan fingerprint density at radius 1 is 1.10 bits per heavy atom. The van der Waals surface area contributed by atoms with Crippen molar-refractivity contribution in [3.05, 3.63) is 64.8 Å². The zero-order chi connectivity index (χ0) is 13.7. The van der Waals surface area contributed by atoms with Gasteiger partial charge in [0, 0.05) is 4.88 Å². The standard InChI is InChI=1S/C16H16OS3/c1(6-14-7-3-10-17-14)2-9-16(15-8-4-11-18-15)19-12-5-13-20-16/h1-4,6-11H,5,12-13H2/b6-1+,9-2+. The molecule has 0 amide bonds. The SMILES string of the molecule is C(/C=C/C1(c2cccs2)SCCCS1)=C\c1ccco1.